The van der Waals surface area contributed by atoms with Gasteiger partial charge in [-0.1, -0.05) is 33.6 Å². The van der Waals surface area contributed by atoms with Crippen molar-refractivity contribution < 1.29 is 13.6 Å². The van der Waals surface area contributed by atoms with Crippen LogP contribution in [-0.4, -0.2) is 35.7 Å². The molecule has 0 saturated heterocycles. The van der Waals surface area contributed by atoms with E-state index < -0.39 is 18.9 Å². The number of carbonyl (C=O) groups is 1. The standard InChI is InChI=1S/C12H13BrClF2NO/c1-8-2-3-9(14)6-10(8)12(18)17(5-4-13)7-11(15)16/h2-3,6,11H,4-5,7H2,1H3. The number of amides is 1. The molecule has 100 valence electrons. The van der Waals surface area contributed by atoms with Gasteiger partial charge in [0, 0.05) is 22.5 Å². The highest BCUT2D eigenvalue weighted by atomic mass is 79.9. The number of hydrogen-bond acceptors (Lipinski definition) is 1. The van der Waals surface area contributed by atoms with Crippen molar-refractivity contribution in [3.63, 3.8) is 0 Å². The average Bonchev–Trinajstić information content (AvgIpc) is 2.30. The van der Waals surface area contributed by atoms with Gasteiger partial charge in [0.25, 0.3) is 12.3 Å². The maximum Gasteiger partial charge on any atom is 0.255 e. The summed E-state index contributed by atoms with van der Waals surface area (Å²) in [5.41, 5.74) is 1.09. The van der Waals surface area contributed by atoms with Crippen molar-refractivity contribution in [1.82, 2.24) is 4.90 Å². The van der Waals surface area contributed by atoms with E-state index in [4.69, 9.17) is 11.6 Å². The Bertz CT molecular complexity index is 429. The van der Waals surface area contributed by atoms with E-state index in [0.29, 0.717) is 15.9 Å². The molecule has 0 heterocycles. The fraction of sp³-hybridized carbons (Fsp3) is 0.417. The molecule has 0 spiro atoms. The number of benzene rings is 1. The Morgan fingerprint density at radius 1 is 1.50 bits per heavy atom. The molecule has 0 atom stereocenters. The van der Waals surface area contributed by atoms with Crippen LogP contribution in [0.25, 0.3) is 0 Å². The molecule has 1 rings (SSSR count). The molecule has 0 saturated carbocycles. The fourth-order valence-corrected chi connectivity index (χ4v) is 2.14. The predicted molar refractivity (Wildman–Crippen MR) is 71.9 cm³/mol. The van der Waals surface area contributed by atoms with Crippen LogP contribution in [0.5, 0.6) is 0 Å². The van der Waals surface area contributed by atoms with Gasteiger partial charge in [-0.25, -0.2) is 8.78 Å². The molecule has 2 nitrogen and oxygen atoms in total. The molecule has 0 aromatic heterocycles. The van der Waals surface area contributed by atoms with E-state index in [1.807, 2.05) is 0 Å². The van der Waals surface area contributed by atoms with Gasteiger partial charge >= 0.3 is 0 Å². The Balaban J connectivity index is 2.97. The molecule has 0 fully saturated rings. The maximum atomic E-state index is 12.4. The van der Waals surface area contributed by atoms with Crippen molar-refractivity contribution in [1.29, 1.82) is 0 Å². The lowest BCUT2D eigenvalue weighted by Gasteiger charge is -2.22. The first-order valence-corrected chi connectivity index (χ1v) is 6.85. The quantitative estimate of drug-likeness (QED) is 0.748. The third-order valence-electron chi connectivity index (χ3n) is 2.43. The summed E-state index contributed by atoms with van der Waals surface area (Å²) in [6.45, 7) is 1.41. The van der Waals surface area contributed by atoms with E-state index in [0.717, 1.165) is 10.5 Å². The number of halogens is 4. The van der Waals surface area contributed by atoms with Crippen molar-refractivity contribution >= 4 is 33.4 Å². The van der Waals surface area contributed by atoms with Gasteiger partial charge in [0.15, 0.2) is 0 Å². The van der Waals surface area contributed by atoms with Crippen LogP contribution in [0.2, 0.25) is 5.02 Å². The number of hydrogen-bond donors (Lipinski definition) is 0. The van der Waals surface area contributed by atoms with Crippen molar-refractivity contribution in [3.8, 4) is 0 Å². The largest absolute Gasteiger partial charge is 0.332 e. The minimum atomic E-state index is -2.55. The zero-order valence-electron chi connectivity index (χ0n) is 9.80. The maximum absolute atomic E-state index is 12.4. The minimum Gasteiger partial charge on any atom is -0.332 e. The molecule has 0 aliphatic rings. The van der Waals surface area contributed by atoms with Gasteiger partial charge in [0.05, 0.1) is 6.54 Å². The molecule has 0 aliphatic heterocycles. The van der Waals surface area contributed by atoms with E-state index >= 15 is 0 Å². The molecule has 0 N–H and O–H groups in total. The molecule has 0 radical (unpaired) electrons. The number of alkyl halides is 3. The highest BCUT2D eigenvalue weighted by Crippen LogP contribution is 2.18. The second-order valence-electron chi connectivity index (χ2n) is 3.79. The number of carbonyl (C=O) groups excluding carboxylic acids is 1. The van der Waals surface area contributed by atoms with Crippen LogP contribution in [0.15, 0.2) is 18.2 Å². The lowest BCUT2D eigenvalue weighted by Crippen LogP contribution is -2.36. The highest BCUT2D eigenvalue weighted by molar-refractivity contribution is 9.09. The first kappa shape index (κ1) is 15.4. The molecule has 6 heteroatoms. The molecule has 0 unspecified atom stereocenters. The monoisotopic (exact) mass is 339 g/mol. The SMILES string of the molecule is Cc1ccc(Cl)cc1C(=O)N(CCBr)CC(F)F. The first-order valence-electron chi connectivity index (χ1n) is 5.35. The third kappa shape index (κ3) is 4.21. The summed E-state index contributed by atoms with van der Waals surface area (Å²) in [7, 11) is 0. The van der Waals surface area contributed by atoms with Gasteiger partial charge < -0.3 is 4.90 Å². The van der Waals surface area contributed by atoms with E-state index in [-0.39, 0.29) is 6.54 Å². The van der Waals surface area contributed by atoms with E-state index in [2.05, 4.69) is 15.9 Å². The lowest BCUT2D eigenvalue weighted by molar-refractivity contribution is 0.0572. The molecule has 1 aromatic carbocycles. The number of nitrogens with zero attached hydrogens (tertiary/aromatic N) is 1. The Morgan fingerprint density at radius 2 is 2.17 bits per heavy atom. The Kier molecular flexibility index (Phi) is 6.02. The molecular weight excluding hydrogens is 327 g/mol. The Morgan fingerprint density at radius 3 is 2.72 bits per heavy atom. The van der Waals surface area contributed by atoms with Crippen molar-refractivity contribution in [2.75, 3.05) is 18.4 Å². The van der Waals surface area contributed by atoms with E-state index in [1.165, 1.54) is 6.07 Å². The van der Waals surface area contributed by atoms with E-state index in [1.54, 1.807) is 19.1 Å². The highest BCUT2D eigenvalue weighted by Gasteiger charge is 2.20. The Hall–Kier alpha value is -0.680. The topological polar surface area (TPSA) is 20.3 Å². The van der Waals surface area contributed by atoms with Crippen molar-refractivity contribution in [2.24, 2.45) is 0 Å². The lowest BCUT2D eigenvalue weighted by atomic mass is 10.1. The molecule has 0 bridgehead atoms. The molecule has 18 heavy (non-hydrogen) atoms. The second kappa shape index (κ2) is 7.04. The number of aryl methyl sites for hydroxylation is 1. The van der Waals surface area contributed by atoms with E-state index in [9.17, 15) is 13.6 Å². The van der Waals surface area contributed by atoms with Gasteiger partial charge in [-0.05, 0) is 24.6 Å². The van der Waals surface area contributed by atoms with Crippen LogP contribution in [-0.2, 0) is 0 Å². The summed E-state index contributed by atoms with van der Waals surface area (Å²) < 4.78 is 24.9. The van der Waals surface area contributed by atoms with Gasteiger partial charge in [0.2, 0.25) is 0 Å². The van der Waals surface area contributed by atoms with Gasteiger partial charge in [-0.2, -0.15) is 0 Å². The fourth-order valence-electron chi connectivity index (χ4n) is 1.54. The van der Waals surface area contributed by atoms with Gasteiger partial charge in [-0.15, -0.1) is 0 Å². The smallest absolute Gasteiger partial charge is 0.255 e. The zero-order chi connectivity index (χ0) is 13.7. The molecule has 1 amide bonds. The summed E-state index contributed by atoms with van der Waals surface area (Å²) in [5, 5.41) is 0.866. The normalized spacial score (nSPS) is 10.8. The first-order chi connectivity index (χ1) is 8.45. The zero-order valence-corrected chi connectivity index (χ0v) is 12.1. The summed E-state index contributed by atoms with van der Waals surface area (Å²) in [6.07, 6.45) is -2.55. The van der Waals surface area contributed by atoms with Crippen LogP contribution in [0, 0.1) is 6.92 Å². The number of rotatable bonds is 5. The molecule has 1 aromatic rings. The summed E-state index contributed by atoms with van der Waals surface area (Å²) in [5.74, 6) is -0.422. The second-order valence-corrected chi connectivity index (χ2v) is 5.02. The summed E-state index contributed by atoms with van der Waals surface area (Å²) >= 11 is 8.97. The van der Waals surface area contributed by atoms with Crippen molar-refractivity contribution in [3.05, 3.63) is 34.3 Å². The predicted octanol–water partition coefficient (Wildman–Crippen LogP) is 3.75. The van der Waals surface area contributed by atoms with Crippen LogP contribution >= 0.6 is 27.5 Å². The third-order valence-corrected chi connectivity index (χ3v) is 3.02. The minimum absolute atomic E-state index is 0.231. The average molecular weight is 341 g/mol. The summed E-state index contributed by atoms with van der Waals surface area (Å²) in [6, 6.07) is 4.87. The molecule has 0 aliphatic carbocycles. The molecular formula is C12H13BrClF2NO. The van der Waals surface area contributed by atoms with Crippen LogP contribution < -0.4 is 0 Å². The van der Waals surface area contributed by atoms with Gasteiger partial charge in [0.1, 0.15) is 0 Å². The van der Waals surface area contributed by atoms with Crippen LogP contribution in [0.1, 0.15) is 15.9 Å². The van der Waals surface area contributed by atoms with Crippen molar-refractivity contribution in [2.45, 2.75) is 13.3 Å². The van der Waals surface area contributed by atoms with Crippen LogP contribution in [0.4, 0.5) is 8.78 Å². The van der Waals surface area contributed by atoms with Crippen LogP contribution in [0.3, 0.4) is 0 Å². The van der Waals surface area contributed by atoms with Gasteiger partial charge in [-0.3, -0.25) is 4.79 Å². The Labute approximate surface area is 118 Å². The summed E-state index contributed by atoms with van der Waals surface area (Å²) in [4.78, 5) is 13.3.